The predicted molar refractivity (Wildman–Crippen MR) is 116 cm³/mol. The first-order valence-corrected chi connectivity index (χ1v) is 10.1. The van der Waals surface area contributed by atoms with E-state index in [0.29, 0.717) is 26.1 Å². The monoisotopic (exact) mass is 394 g/mol. The van der Waals surface area contributed by atoms with Gasteiger partial charge in [-0.2, -0.15) is 0 Å². The van der Waals surface area contributed by atoms with E-state index in [1.165, 1.54) is 11.1 Å². The zero-order valence-corrected chi connectivity index (χ0v) is 17.2. The second kappa shape index (κ2) is 10.6. The molecule has 2 aromatic carbocycles. The second-order valence-electron chi connectivity index (χ2n) is 7.15. The van der Waals surface area contributed by atoms with Crippen molar-refractivity contribution in [3.63, 3.8) is 0 Å². The van der Waals surface area contributed by atoms with Gasteiger partial charge in [-0.15, -0.1) is 0 Å². The molecule has 3 rings (SSSR count). The highest BCUT2D eigenvalue weighted by Gasteiger charge is 2.25. The Morgan fingerprint density at radius 3 is 2.66 bits per heavy atom. The molecule has 2 N–H and O–H groups in total. The van der Waals surface area contributed by atoms with E-state index in [0.717, 1.165) is 24.6 Å². The van der Waals surface area contributed by atoms with E-state index in [-0.39, 0.29) is 12.0 Å². The highest BCUT2D eigenvalue weighted by atomic mass is 16.5. The molecule has 1 unspecified atom stereocenters. The maximum absolute atomic E-state index is 12.1. The number of nitrogens with zero attached hydrogens (tertiary/aromatic N) is 2. The standard InChI is InChI=1S/C23H30N4O2/c1-18-8-6-7-11-20(18)21-17-27(14-15-29-21)23(24-2)25-13-12-22(28)26-16-19-9-4-3-5-10-19/h3-11,21H,12-17H2,1-2H3,(H,24,25)(H,26,28). The summed E-state index contributed by atoms with van der Waals surface area (Å²) in [5, 5.41) is 6.27. The summed E-state index contributed by atoms with van der Waals surface area (Å²) < 4.78 is 6.00. The van der Waals surface area contributed by atoms with Gasteiger partial charge in [0.05, 0.1) is 13.2 Å². The van der Waals surface area contributed by atoms with Crippen LogP contribution in [0.25, 0.3) is 0 Å². The molecule has 0 aromatic heterocycles. The molecular weight excluding hydrogens is 364 g/mol. The van der Waals surface area contributed by atoms with E-state index in [1.54, 1.807) is 7.05 Å². The first-order chi connectivity index (χ1) is 14.2. The van der Waals surface area contributed by atoms with Crippen molar-refractivity contribution in [1.82, 2.24) is 15.5 Å². The van der Waals surface area contributed by atoms with E-state index in [9.17, 15) is 4.79 Å². The van der Waals surface area contributed by atoms with Gasteiger partial charge in [-0.1, -0.05) is 54.6 Å². The number of carbonyl (C=O) groups excluding carboxylic acids is 1. The molecule has 1 saturated heterocycles. The minimum atomic E-state index is 0.0246. The zero-order valence-electron chi connectivity index (χ0n) is 17.2. The Kier molecular flexibility index (Phi) is 7.64. The molecule has 1 amide bonds. The number of morpholine rings is 1. The molecule has 6 nitrogen and oxygen atoms in total. The second-order valence-corrected chi connectivity index (χ2v) is 7.15. The van der Waals surface area contributed by atoms with Gasteiger partial charge in [0.1, 0.15) is 6.10 Å². The molecule has 1 aliphatic rings. The number of ether oxygens (including phenoxy) is 1. The van der Waals surface area contributed by atoms with Crippen molar-refractivity contribution in [3.05, 3.63) is 71.3 Å². The summed E-state index contributed by atoms with van der Waals surface area (Å²) in [6.07, 6.45) is 0.426. The van der Waals surface area contributed by atoms with Crippen molar-refractivity contribution in [2.45, 2.75) is 26.0 Å². The molecule has 6 heteroatoms. The Labute approximate surface area is 173 Å². The Hall–Kier alpha value is -2.86. The summed E-state index contributed by atoms with van der Waals surface area (Å²) in [7, 11) is 1.77. The maximum Gasteiger partial charge on any atom is 0.222 e. The van der Waals surface area contributed by atoms with Gasteiger partial charge in [0.15, 0.2) is 5.96 Å². The smallest absolute Gasteiger partial charge is 0.222 e. The van der Waals surface area contributed by atoms with Gasteiger partial charge in [-0.3, -0.25) is 9.79 Å². The van der Waals surface area contributed by atoms with Crippen LogP contribution in [0.4, 0.5) is 0 Å². The number of aryl methyl sites for hydroxylation is 1. The molecule has 0 radical (unpaired) electrons. The third-order valence-corrected chi connectivity index (χ3v) is 5.08. The number of hydrogen-bond acceptors (Lipinski definition) is 3. The summed E-state index contributed by atoms with van der Waals surface area (Å²) in [5.74, 6) is 0.833. The number of benzene rings is 2. The third kappa shape index (κ3) is 6.06. The van der Waals surface area contributed by atoms with Crippen molar-refractivity contribution in [1.29, 1.82) is 0 Å². The van der Waals surface area contributed by atoms with E-state index >= 15 is 0 Å². The van der Waals surface area contributed by atoms with Crippen molar-refractivity contribution in [3.8, 4) is 0 Å². The van der Waals surface area contributed by atoms with Crippen LogP contribution in [0.1, 0.15) is 29.2 Å². The maximum atomic E-state index is 12.1. The van der Waals surface area contributed by atoms with Gasteiger partial charge < -0.3 is 20.3 Å². The van der Waals surface area contributed by atoms with Gasteiger partial charge in [-0.05, 0) is 23.6 Å². The van der Waals surface area contributed by atoms with Crippen LogP contribution in [-0.4, -0.2) is 50.1 Å². The van der Waals surface area contributed by atoms with E-state index in [1.807, 2.05) is 42.5 Å². The first-order valence-electron chi connectivity index (χ1n) is 10.1. The molecule has 1 fully saturated rings. The number of nitrogens with one attached hydrogen (secondary N) is 2. The van der Waals surface area contributed by atoms with Crippen LogP contribution in [0.3, 0.4) is 0 Å². The highest BCUT2D eigenvalue weighted by Crippen LogP contribution is 2.24. The van der Waals surface area contributed by atoms with Crippen LogP contribution in [0.5, 0.6) is 0 Å². The predicted octanol–water partition coefficient (Wildman–Crippen LogP) is 2.65. The average Bonchev–Trinajstić information content (AvgIpc) is 2.76. The summed E-state index contributed by atoms with van der Waals surface area (Å²) >= 11 is 0. The Bertz CT molecular complexity index is 823. The Morgan fingerprint density at radius 2 is 1.90 bits per heavy atom. The fourth-order valence-electron chi connectivity index (χ4n) is 3.48. The lowest BCUT2D eigenvalue weighted by atomic mass is 10.0. The number of carbonyl (C=O) groups is 1. The Balaban J connectivity index is 1.46. The highest BCUT2D eigenvalue weighted by molar-refractivity contribution is 5.81. The van der Waals surface area contributed by atoms with Crippen molar-refractivity contribution in [2.24, 2.45) is 4.99 Å². The molecular formula is C23H30N4O2. The largest absolute Gasteiger partial charge is 0.370 e. The SMILES string of the molecule is CN=C(NCCC(=O)NCc1ccccc1)N1CCOC(c2ccccc2C)C1. The topological polar surface area (TPSA) is 66.0 Å². The average molecular weight is 395 g/mol. The molecule has 0 bridgehead atoms. The molecule has 0 saturated carbocycles. The van der Waals surface area contributed by atoms with Gasteiger partial charge in [-0.25, -0.2) is 0 Å². The number of aliphatic imine (C=N–C) groups is 1. The fourth-order valence-corrected chi connectivity index (χ4v) is 3.48. The number of hydrogen-bond donors (Lipinski definition) is 2. The quantitative estimate of drug-likeness (QED) is 0.584. The van der Waals surface area contributed by atoms with Gasteiger partial charge >= 0.3 is 0 Å². The first kappa shape index (κ1) is 20.9. The van der Waals surface area contributed by atoms with Crippen LogP contribution in [0.15, 0.2) is 59.6 Å². The minimum absolute atomic E-state index is 0.0246. The minimum Gasteiger partial charge on any atom is -0.370 e. The lowest BCUT2D eigenvalue weighted by Gasteiger charge is -2.35. The number of rotatable bonds is 6. The third-order valence-electron chi connectivity index (χ3n) is 5.08. The Morgan fingerprint density at radius 1 is 1.14 bits per heavy atom. The van der Waals surface area contributed by atoms with E-state index < -0.39 is 0 Å². The van der Waals surface area contributed by atoms with Crippen LogP contribution >= 0.6 is 0 Å². The van der Waals surface area contributed by atoms with Gasteiger partial charge in [0.2, 0.25) is 5.91 Å². The van der Waals surface area contributed by atoms with Crippen LogP contribution < -0.4 is 10.6 Å². The lowest BCUT2D eigenvalue weighted by Crippen LogP contribution is -2.48. The van der Waals surface area contributed by atoms with Crippen molar-refractivity contribution in [2.75, 3.05) is 33.3 Å². The van der Waals surface area contributed by atoms with Gasteiger partial charge in [0, 0.05) is 33.1 Å². The van der Waals surface area contributed by atoms with E-state index in [4.69, 9.17) is 4.74 Å². The number of amides is 1. The summed E-state index contributed by atoms with van der Waals surface area (Å²) in [5.41, 5.74) is 3.55. The zero-order chi connectivity index (χ0) is 20.5. The molecule has 0 aliphatic carbocycles. The molecule has 2 aromatic rings. The van der Waals surface area contributed by atoms with Crippen LogP contribution in [0.2, 0.25) is 0 Å². The molecule has 1 atom stereocenters. The van der Waals surface area contributed by atoms with Crippen LogP contribution in [-0.2, 0) is 16.1 Å². The molecule has 1 aliphatic heterocycles. The van der Waals surface area contributed by atoms with Crippen molar-refractivity contribution >= 4 is 11.9 Å². The molecule has 0 spiro atoms. The normalized spacial score (nSPS) is 17.1. The van der Waals surface area contributed by atoms with Crippen LogP contribution in [0, 0.1) is 6.92 Å². The molecule has 29 heavy (non-hydrogen) atoms. The van der Waals surface area contributed by atoms with E-state index in [2.05, 4.69) is 39.6 Å². The van der Waals surface area contributed by atoms with Gasteiger partial charge in [0.25, 0.3) is 0 Å². The molecule has 1 heterocycles. The van der Waals surface area contributed by atoms with Crippen molar-refractivity contribution < 1.29 is 9.53 Å². The summed E-state index contributed by atoms with van der Waals surface area (Å²) in [6.45, 7) is 5.37. The molecule has 154 valence electrons. The summed E-state index contributed by atoms with van der Waals surface area (Å²) in [6, 6.07) is 18.2. The summed E-state index contributed by atoms with van der Waals surface area (Å²) in [4.78, 5) is 18.7. The lowest BCUT2D eigenvalue weighted by molar-refractivity contribution is -0.121. The number of guanidine groups is 1. The fraction of sp³-hybridized carbons (Fsp3) is 0.391.